The lowest BCUT2D eigenvalue weighted by molar-refractivity contribution is 0.412. The average molecular weight is 233 g/mol. The molecule has 0 unspecified atom stereocenters. The Balaban J connectivity index is 2.53. The SMILES string of the molecule is COc1ccc(-c2c(N)csc2C)cc1C. The standard InChI is InChI=1S/C13H15NOS/c1-8-6-10(4-5-12(8)15-3)13-9(2)16-7-11(13)14/h4-7H,14H2,1-3H3. The van der Waals surface area contributed by atoms with Gasteiger partial charge in [0.1, 0.15) is 5.75 Å². The third-order valence-electron chi connectivity index (χ3n) is 2.69. The molecule has 0 aliphatic heterocycles. The average Bonchev–Trinajstić information content (AvgIpc) is 2.58. The zero-order chi connectivity index (χ0) is 11.7. The van der Waals surface area contributed by atoms with E-state index in [1.165, 1.54) is 4.88 Å². The van der Waals surface area contributed by atoms with Gasteiger partial charge in [-0.1, -0.05) is 6.07 Å². The van der Waals surface area contributed by atoms with E-state index in [9.17, 15) is 0 Å². The maximum absolute atomic E-state index is 5.97. The summed E-state index contributed by atoms with van der Waals surface area (Å²) < 4.78 is 5.25. The van der Waals surface area contributed by atoms with Gasteiger partial charge in [0.2, 0.25) is 0 Å². The fraction of sp³-hybridized carbons (Fsp3) is 0.231. The van der Waals surface area contributed by atoms with Crippen molar-refractivity contribution >= 4 is 17.0 Å². The summed E-state index contributed by atoms with van der Waals surface area (Å²) in [7, 11) is 1.69. The van der Waals surface area contributed by atoms with E-state index in [4.69, 9.17) is 10.5 Å². The molecule has 2 aromatic rings. The summed E-state index contributed by atoms with van der Waals surface area (Å²) in [4.78, 5) is 1.25. The van der Waals surface area contributed by atoms with E-state index in [1.54, 1.807) is 18.4 Å². The first-order valence-corrected chi connectivity index (χ1v) is 6.00. The van der Waals surface area contributed by atoms with Crippen LogP contribution in [0.3, 0.4) is 0 Å². The third-order valence-corrected chi connectivity index (χ3v) is 3.62. The summed E-state index contributed by atoms with van der Waals surface area (Å²) in [6.45, 7) is 4.14. The van der Waals surface area contributed by atoms with Gasteiger partial charge in [0.15, 0.2) is 0 Å². The Morgan fingerprint density at radius 1 is 1.25 bits per heavy atom. The summed E-state index contributed by atoms with van der Waals surface area (Å²) in [6.07, 6.45) is 0. The van der Waals surface area contributed by atoms with Crippen LogP contribution in [0.2, 0.25) is 0 Å². The minimum Gasteiger partial charge on any atom is -0.496 e. The minimum atomic E-state index is 0.854. The molecule has 0 aliphatic carbocycles. The number of rotatable bonds is 2. The number of hydrogen-bond acceptors (Lipinski definition) is 3. The van der Waals surface area contributed by atoms with Gasteiger partial charge in [-0.25, -0.2) is 0 Å². The highest BCUT2D eigenvalue weighted by molar-refractivity contribution is 7.11. The molecule has 0 aliphatic rings. The predicted molar refractivity (Wildman–Crippen MR) is 70.2 cm³/mol. The maximum Gasteiger partial charge on any atom is 0.121 e. The molecule has 0 atom stereocenters. The molecule has 0 radical (unpaired) electrons. The second-order valence-electron chi connectivity index (χ2n) is 3.81. The van der Waals surface area contributed by atoms with Crippen LogP contribution >= 0.6 is 11.3 Å². The lowest BCUT2D eigenvalue weighted by atomic mass is 10.0. The number of benzene rings is 1. The summed E-state index contributed by atoms with van der Waals surface area (Å²) in [5, 5.41) is 1.99. The van der Waals surface area contributed by atoms with Gasteiger partial charge in [-0.3, -0.25) is 0 Å². The molecule has 0 saturated heterocycles. The van der Waals surface area contributed by atoms with Gasteiger partial charge < -0.3 is 10.5 Å². The van der Waals surface area contributed by atoms with E-state index in [-0.39, 0.29) is 0 Å². The Morgan fingerprint density at radius 2 is 2.00 bits per heavy atom. The molecular formula is C13H15NOS. The molecule has 0 spiro atoms. The van der Waals surface area contributed by atoms with Crippen molar-refractivity contribution in [2.45, 2.75) is 13.8 Å². The fourth-order valence-corrected chi connectivity index (χ4v) is 2.65. The summed E-state index contributed by atoms with van der Waals surface area (Å²) >= 11 is 1.69. The first-order valence-electron chi connectivity index (χ1n) is 5.12. The molecule has 16 heavy (non-hydrogen) atoms. The molecule has 0 saturated carbocycles. The molecular weight excluding hydrogens is 218 g/mol. The van der Waals surface area contributed by atoms with Crippen LogP contribution in [0, 0.1) is 13.8 Å². The van der Waals surface area contributed by atoms with Gasteiger partial charge in [0.25, 0.3) is 0 Å². The number of nitrogens with two attached hydrogens (primary N) is 1. The van der Waals surface area contributed by atoms with Gasteiger partial charge in [-0.15, -0.1) is 11.3 Å². The number of aryl methyl sites for hydroxylation is 2. The largest absolute Gasteiger partial charge is 0.496 e. The van der Waals surface area contributed by atoms with Crippen LogP contribution < -0.4 is 10.5 Å². The highest BCUT2D eigenvalue weighted by Crippen LogP contribution is 2.35. The van der Waals surface area contributed by atoms with E-state index < -0.39 is 0 Å². The molecule has 0 fully saturated rings. The molecule has 0 bridgehead atoms. The van der Waals surface area contributed by atoms with Crippen LogP contribution in [0.4, 0.5) is 5.69 Å². The van der Waals surface area contributed by atoms with Crippen LogP contribution in [-0.2, 0) is 0 Å². The van der Waals surface area contributed by atoms with E-state index in [0.29, 0.717) is 0 Å². The van der Waals surface area contributed by atoms with Gasteiger partial charge in [0.05, 0.1) is 12.8 Å². The normalized spacial score (nSPS) is 10.4. The van der Waals surface area contributed by atoms with Crippen molar-refractivity contribution in [1.82, 2.24) is 0 Å². The quantitative estimate of drug-likeness (QED) is 0.859. The number of anilines is 1. The third kappa shape index (κ3) is 1.78. The van der Waals surface area contributed by atoms with Gasteiger partial charge in [0, 0.05) is 15.8 Å². The van der Waals surface area contributed by atoms with Gasteiger partial charge in [-0.05, 0) is 37.1 Å². The molecule has 2 N–H and O–H groups in total. The van der Waals surface area contributed by atoms with Crippen LogP contribution in [0.5, 0.6) is 5.75 Å². The highest BCUT2D eigenvalue weighted by Gasteiger charge is 2.09. The Morgan fingerprint density at radius 3 is 2.50 bits per heavy atom. The molecule has 3 heteroatoms. The smallest absolute Gasteiger partial charge is 0.121 e. The van der Waals surface area contributed by atoms with E-state index in [1.807, 2.05) is 18.4 Å². The van der Waals surface area contributed by atoms with Crippen LogP contribution in [-0.4, -0.2) is 7.11 Å². The maximum atomic E-state index is 5.97. The molecule has 1 aromatic heterocycles. The summed E-state index contributed by atoms with van der Waals surface area (Å²) in [6, 6.07) is 6.16. The molecule has 0 amide bonds. The number of ether oxygens (including phenoxy) is 1. The van der Waals surface area contributed by atoms with Crippen molar-refractivity contribution in [3.63, 3.8) is 0 Å². The molecule has 84 valence electrons. The Hall–Kier alpha value is -1.48. The zero-order valence-corrected chi connectivity index (χ0v) is 10.5. The van der Waals surface area contributed by atoms with Crippen LogP contribution in [0.1, 0.15) is 10.4 Å². The molecule has 2 nitrogen and oxygen atoms in total. The monoisotopic (exact) mass is 233 g/mol. The predicted octanol–water partition coefficient (Wildman–Crippen LogP) is 3.62. The Kier molecular flexibility index (Phi) is 2.88. The van der Waals surface area contributed by atoms with Crippen molar-refractivity contribution < 1.29 is 4.74 Å². The lowest BCUT2D eigenvalue weighted by Gasteiger charge is -2.08. The number of methoxy groups -OCH3 is 1. The van der Waals surface area contributed by atoms with Crippen molar-refractivity contribution in [3.8, 4) is 16.9 Å². The second kappa shape index (κ2) is 4.18. The van der Waals surface area contributed by atoms with Crippen molar-refractivity contribution in [2.24, 2.45) is 0 Å². The van der Waals surface area contributed by atoms with Crippen molar-refractivity contribution in [1.29, 1.82) is 0 Å². The molecule has 1 aromatic carbocycles. The van der Waals surface area contributed by atoms with Crippen LogP contribution in [0.25, 0.3) is 11.1 Å². The Bertz CT molecular complexity index is 497. The van der Waals surface area contributed by atoms with Gasteiger partial charge >= 0.3 is 0 Å². The fourth-order valence-electron chi connectivity index (χ4n) is 1.88. The highest BCUT2D eigenvalue weighted by atomic mass is 32.1. The minimum absolute atomic E-state index is 0.854. The number of nitrogen functional groups attached to an aromatic ring is 1. The summed E-state index contributed by atoms with van der Waals surface area (Å²) in [5.41, 5.74) is 10.3. The van der Waals surface area contributed by atoms with Crippen molar-refractivity contribution in [2.75, 3.05) is 12.8 Å². The topological polar surface area (TPSA) is 35.2 Å². The van der Waals surface area contributed by atoms with E-state index >= 15 is 0 Å². The van der Waals surface area contributed by atoms with E-state index in [2.05, 4.69) is 19.1 Å². The zero-order valence-electron chi connectivity index (χ0n) is 9.70. The van der Waals surface area contributed by atoms with E-state index in [0.717, 1.165) is 28.1 Å². The first kappa shape index (κ1) is 11.0. The molecule has 1 heterocycles. The van der Waals surface area contributed by atoms with Crippen LogP contribution in [0.15, 0.2) is 23.6 Å². The Labute approximate surface area is 99.7 Å². The number of thiophene rings is 1. The van der Waals surface area contributed by atoms with Gasteiger partial charge in [-0.2, -0.15) is 0 Å². The lowest BCUT2D eigenvalue weighted by Crippen LogP contribution is -1.90. The first-order chi connectivity index (χ1) is 7.63. The summed E-state index contributed by atoms with van der Waals surface area (Å²) in [5.74, 6) is 0.912. The van der Waals surface area contributed by atoms with Crippen molar-refractivity contribution in [3.05, 3.63) is 34.0 Å². The molecule has 2 rings (SSSR count). The number of hydrogen-bond donors (Lipinski definition) is 1. The second-order valence-corrected chi connectivity index (χ2v) is 4.89.